The van der Waals surface area contributed by atoms with Crippen molar-refractivity contribution in [3.8, 4) is 5.75 Å². The number of amides is 1. The second-order valence-corrected chi connectivity index (χ2v) is 3.48. The van der Waals surface area contributed by atoms with Crippen molar-refractivity contribution in [1.29, 1.82) is 0 Å². The van der Waals surface area contributed by atoms with Gasteiger partial charge in [0, 0.05) is 0 Å². The molecule has 1 unspecified atom stereocenters. The van der Waals surface area contributed by atoms with Gasteiger partial charge in [-0.3, -0.25) is 4.79 Å². The van der Waals surface area contributed by atoms with Crippen molar-refractivity contribution < 1.29 is 9.53 Å². The van der Waals surface area contributed by atoms with Crippen molar-refractivity contribution >= 4 is 24.0 Å². The first-order chi connectivity index (χ1) is 7.04. The van der Waals surface area contributed by atoms with Gasteiger partial charge in [0.05, 0.1) is 18.8 Å². The molecule has 0 saturated heterocycles. The number of nitrogens with two attached hydrogens (primary N) is 1. The van der Waals surface area contributed by atoms with Gasteiger partial charge in [-0.15, -0.1) is 12.4 Å². The molecule has 0 fully saturated rings. The van der Waals surface area contributed by atoms with Crippen LogP contribution in [0.1, 0.15) is 12.5 Å². The fourth-order valence-corrected chi connectivity index (χ4v) is 1.15. The third kappa shape index (κ3) is 3.72. The quantitative estimate of drug-likeness (QED) is 0.851. The van der Waals surface area contributed by atoms with Gasteiger partial charge in [0.15, 0.2) is 0 Å². The first kappa shape index (κ1) is 14.7. The van der Waals surface area contributed by atoms with E-state index in [-0.39, 0.29) is 18.3 Å². The molecule has 1 aromatic carbocycles. The number of carbonyl (C=O) groups is 1. The van der Waals surface area contributed by atoms with Crippen LogP contribution in [0.2, 0.25) is 0 Å². The molecule has 1 atom stereocenters. The summed E-state index contributed by atoms with van der Waals surface area (Å²) in [6.45, 7) is 3.59. The van der Waals surface area contributed by atoms with Crippen LogP contribution in [0.15, 0.2) is 18.2 Å². The molecule has 0 aliphatic heterocycles. The van der Waals surface area contributed by atoms with E-state index in [1.165, 1.54) is 0 Å². The molecule has 0 bridgehead atoms. The van der Waals surface area contributed by atoms with Crippen molar-refractivity contribution in [3.63, 3.8) is 0 Å². The minimum atomic E-state index is -0.531. The lowest BCUT2D eigenvalue weighted by Crippen LogP contribution is -2.32. The maximum absolute atomic E-state index is 11.4. The summed E-state index contributed by atoms with van der Waals surface area (Å²) in [5.74, 6) is 0.418. The molecule has 0 heterocycles. The van der Waals surface area contributed by atoms with E-state index in [4.69, 9.17) is 10.5 Å². The molecule has 0 aliphatic carbocycles. The normalized spacial score (nSPS) is 11.2. The van der Waals surface area contributed by atoms with E-state index in [2.05, 4.69) is 5.32 Å². The number of benzene rings is 1. The van der Waals surface area contributed by atoms with Crippen LogP contribution in [0.5, 0.6) is 5.75 Å². The number of aryl methyl sites for hydroxylation is 1. The van der Waals surface area contributed by atoms with Crippen molar-refractivity contribution in [3.05, 3.63) is 23.8 Å². The Labute approximate surface area is 102 Å². The lowest BCUT2D eigenvalue weighted by Gasteiger charge is -2.12. The Kier molecular flexibility index (Phi) is 5.85. The Balaban J connectivity index is 0.00000225. The minimum absolute atomic E-state index is 0. The van der Waals surface area contributed by atoms with Gasteiger partial charge in [0.25, 0.3) is 0 Å². The van der Waals surface area contributed by atoms with Crippen molar-refractivity contribution in [1.82, 2.24) is 0 Å². The maximum Gasteiger partial charge on any atom is 0.241 e. The summed E-state index contributed by atoms with van der Waals surface area (Å²) in [5.41, 5.74) is 7.17. The number of nitrogens with one attached hydrogen (secondary N) is 1. The Morgan fingerprint density at radius 3 is 2.62 bits per heavy atom. The van der Waals surface area contributed by atoms with Crippen LogP contribution in [-0.2, 0) is 4.79 Å². The van der Waals surface area contributed by atoms with Gasteiger partial charge < -0.3 is 15.8 Å². The molecule has 0 aliphatic rings. The summed E-state index contributed by atoms with van der Waals surface area (Å²) >= 11 is 0. The predicted octanol–water partition coefficient (Wildman–Crippen LogP) is 1.71. The first-order valence-corrected chi connectivity index (χ1v) is 4.75. The van der Waals surface area contributed by atoms with Gasteiger partial charge in [-0.1, -0.05) is 6.07 Å². The Bertz CT molecular complexity index is 367. The van der Waals surface area contributed by atoms with Crippen LogP contribution in [0.3, 0.4) is 0 Å². The van der Waals surface area contributed by atoms with Gasteiger partial charge in [0.1, 0.15) is 5.75 Å². The second kappa shape index (κ2) is 6.35. The molecule has 1 amide bonds. The van der Waals surface area contributed by atoms with Gasteiger partial charge in [-0.25, -0.2) is 0 Å². The smallest absolute Gasteiger partial charge is 0.241 e. The third-order valence-corrected chi connectivity index (χ3v) is 2.03. The summed E-state index contributed by atoms with van der Waals surface area (Å²) in [6, 6.07) is 5.03. The van der Waals surface area contributed by atoms with Crippen molar-refractivity contribution in [2.45, 2.75) is 19.9 Å². The maximum atomic E-state index is 11.4. The number of methoxy groups -OCH3 is 1. The number of anilines is 1. The predicted molar refractivity (Wildman–Crippen MR) is 67.3 cm³/mol. The second-order valence-electron chi connectivity index (χ2n) is 3.48. The molecule has 90 valence electrons. The molecule has 16 heavy (non-hydrogen) atoms. The highest BCUT2D eigenvalue weighted by Gasteiger charge is 2.10. The van der Waals surface area contributed by atoms with E-state index in [9.17, 15) is 4.79 Å². The molecule has 3 N–H and O–H groups in total. The van der Waals surface area contributed by atoms with Gasteiger partial charge in [0.2, 0.25) is 5.91 Å². The van der Waals surface area contributed by atoms with Gasteiger partial charge in [-0.05, 0) is 31.5 Å². The van der Waals surface area contributed by atoms with Crippen LogP contribution >= 0.6 is 12.4 Å². The lowest BCUT2D eigenvalue weighted by molar-refractivity contribution is -0.117. The molecule has 1 rings (SSSR count). The van der Waals surface area contributed by atoms with Crippen molar-refractivity contribution in [2.24, 2.45) is 5.73 Å². The zero-order chi connectivity index (χ0) is 11.4. The standard InChI is InChI=1S/C11H16N2O2.ClH/c1-7-4-5-9(10(6-7)15-3)13-11(14)8(2)12;/h4-6,8H,12H2,1-3H3,(H,13,14);1H. The number of hydrogen-bond donors (Lipinski definition) is 2. The summed E-state index contributed by atoms with van der Waals surface area (Å²) in [5, 5.41) is 2.70. The van der Waals surface area contributed by atoms with E-state index >= 15 is 0 Å². The van der Waals surface area contributed by atoms with Gasteiger partial charge >= 0.3 is 0 Å². The zero-order valence-electron chi connectivity index (χ0n) is 9.61. The van der Waals surface area contributed by atoms with E-state index in [1.54, 1.807) is 20.1 Å². The molecular formula is C11H17ClN2O2. The average molecular weight is 245 g/mol. The monoisotopic (exact) mass is 244 g/mol. The molecule has 0 saturated carbocycles. The highest BCUT2D eigenvalue weighted by atomic mass is 35.5. The number of rotatable bonds is 3. The average Bonchev–Trinajstić information content (AvgIpc) is 2.20. The molecule has 5 heteroatoms. The van der Waals surface area contributed by atoms with Crippen LogP contribution in [0.25, 0.3) is 0 Å². The van der Waals surface area contributed by atoms with Crippen LogP contribution in [-0.4, -0.2) is 19.1 Å². The summed E-state index contributed by atoms with van der Waals surface area (Å²) in [7, 11) is 1.57. The summed E-state index contributed by atoms with van der Waals surface area (Å²) in [6.07, 6.45) is 0. The van der Waals surface area contributed by atoms with Crippen molar-refractivity contribution in [2.75, 3.05) is 12.4 Å². The van der Waals surface area contributed by atoms with E-state index in [0.29, 0.717) is 11.4 Å². The summed E-state index contributed by atoms with van der Waals surface area (Å²) in [4.78, 5) is 11.4. The highest BCUT2D eigenvalue weighted by molar-refractivity contribution is 5.95. The fourth-order valence-electron chi connectivity index (χ4n) is 1.15. The SMILES string of the molecule is COc1cc(C)ccc1NC(=O)C(C)N.Cl. The highest BCUT2D eigenvalue weighted by Crippen LogP contribution is 2.25. The lowest BCUT2D eigenvalue weighted by atomic mass is 10.2. The molecule has 0 radical (unpaired) electrons. The number of ether oxygens (including phenoxy) is 1. The Morgan fingerprint density at radius 1 is 1.50 bits per heavy atom. The van der Waals surface area contributed by atoms with E-state index in [0.717, 1.165) is 5.56 Å². The molecular weight excluding hydrogens is 228 g/mol. The first-order valence-electron chi connectivity index (χ1n) is 4.75. The third-order valence-electron chi connectivity index (χ3n) is 2.03. The van der Waals surface area contributed by atoms with Gasteiger partial charge in [-0.2, -0.15) is 0 Å². The Morgan fingerprint density at radius 2 is 2.12 bits per heavy atom. The Hall–Kier alpha value is -1.26. The van der Waals surface area contributed by atoms with Crippen LogP contribution in [0, 0.1) is 6.92 Å². The topological polar surface area (TPSA) is 64.3 Å². The number of hydrogen-bond acceptors (Lipinski definition) is 3. The fraction of sp³-hybridized carbons (Fsp3) is 0.364. The largest absolute Gasteiger partial charge is 0.495 e. The molecule has 0 aromatic heterocycles. The summed E-state index contributed by atoms with van der Waals surface area (Å²) < 4.78 is 5.15. The minimum Gasteiger partial charge on any atom is -0.495 e. The zero-order valence-corrected chi connectivity index (χ0v) is 10.4. The van der Waals surface area contributed by atoms with Crippen LogP contribution < -0.4 is 15.8 Å². The number of carbonyl (C=O) groups excluding carboxylic acids is 1. The molecule has 1 aromatic rings. The molecule has 0 spiro atoms. The van der Waals surface area contributed by atoms with Crippen LogP contribution in [0.4, 0.5) is 5.69 Å². The number of halogens is 1. The van der Waals surface area contributed by atoms with E-state index in [1.807, 2.05) is 19.1 Å². The molecule has 4 nitrogen and oxygen atoms in total. The van der Waals surface area contributed by atoms with E-state index < -0.39 is 6.04 Å².